The number of rotatable bonds is 4. The van der Waals surface area contributed by atoms with E-state index in [4.69, 9.17) is 9.72 Å². The van der Waals surface area contributed by atoms with Crippen molar-refractivity contribution in [1.29, 1.82) is 5.26 Å². The van der Waals surface area contributed by atoms with E-state index in [2.05, 4.69) is 17.9 Å². The van der Waals surface area contributed by atoms with Crippen molar-refractivity contribution < 1.29 is 9.53 Å². The Kier molecular flexibility index (Phi) is 6.58. The first kappa shape index (κ1) is 21.1. The molecule has 1 saturated carbocycles. The van der Waals surface area contributed by atoms with Gasteiger partial charge in [-0.3, -0.25) is 4.79 Å². The van der Waals surface area contributed by atoms with Crippen LogP contribution in [0, 0.1) is 11.3 Å². The van der Waals surface area contributed by atoms with Crippen LogP contribution < -0.4 is 4.90 Å². The molecule has 6 heteroatoms. The van der Waals surface area contributed by atoms with Gasteiger partial charge in [0.05, 0.1) is 24.5 Å². The van der Waals surface area contributed by atoms with Crippen LogP contribution in [0.15, 0.2) is 0 Å². The van der Waals surface area contributed by atoms with Gasteiger partial charge in [-0.25, -0.2) is 4.98 Å². The van der Waals surface area contributed by atoms with Crippen molar-refractivity contribution in [2.24, 2.45) is 0 Å². The largest absolute Gasteiger partial charge is 0.376 e. The van der Waals surface area contributed by atoms with Gasteiger partial charge in [-0.2, -0.15) is 5.26 Å². The van der Waals surface area contributed by atoms with Crippen molar-refractivity contribution in [2.75, 3.05) is 31.1 Å². The van der Waals surface area contributed by atoms with Crippen molar-refractivity contribution in [2.45, 2.75) is 83.8 Å². The van der Waals surface area contributed by atoms with Gasteiger partial charge in [0, 0.05) is 43.6 Å². The number of aromatic nitrogens is 1. The molecule has 0 bridgehead atoms. The topological polar surface area (TPSA) is 69.5 Å². The summed E-state index contributed by atoms with van der Waals surface area (Å²) in [6, 6.07) is 2.61. The summed E-state index contributed by atoms with van der Waals surface area (Å²) in [7, 11) is 0. The minimum absolute atomic E-state index is 0.128. The first-order chi connectivity index (χ1) is 14.6. The Morgan fingerprint density at radius 1 is 1.23 bits per heavy atom. The van der Waals surface area contributed by atoms with Gasteiger partial charge >= 0.3 is 0 Å². The van der Waals surface area contributed by atoms with E-state index >= 15 is 0 Å². The second-order valence-electron chi connectivity index (χ2n) is 9.03. The van der Waals surface area contributed by atoms with Crippen LogP contribution >= 0.6 is 0 Å². The molecule has 30 heavy (non-hydrogen) atoms. The lowest BCUT2D eigenvalue weighted by Gasteiger charge is -2.41. The van der Waals surface area contributed by atoms with Crippen LogP contribution in [0.1, 0.15) is 87.1 Å². The van der Waals surface area contributed by atoms with Crippen molar-refractivity contribution >= 4 is 11.7 Å². The van der Waals surface area contributed by atoms with Crippen molar-refractivity contribution in [3.8, 4) is 6.07 Å². The number of hydrogen-bond acceptors (Lipinski definition) is 5. The molecule has 4 rings (SSSR count). The summed E-state index contributed by atoms with van der Waals surface area (Å²) in [5.41, 5.74) is 4.24. The van der Waals surface area contributed by atoms with Crippen LogP contribution in [0.2, 0.25) is 0 Å². The lowest BCUT2D eigenvalue weighted by atomic mass is 9.82. The third kappa shape index (κ3) is 4.05. The quantitative estimate of drug-likeness (QED) is 0.753. The normalized spacial score (nSPS) is 22.5. The smallest absolute Gasteiger partial charge is 0.222 e. The summed E-state index contributed by atoms with van der Waals surface area (Å²) in [5.74, 6) is 1.56. The van der Waals surface area contributed by atoms with E-state index in [1.165, 1.54) is 43.4 Å². The third-order valence-electron chi connectivity index (χ3n) is 6.98. The van der Waals surface area contributed by atoms with Gasteiger partial charge < -0.3 is 14.5 Å². The van der Waals surface area contributed by atoms with Gasteiger partial charge in [-0.1, -0.05) is 26.2 Å². The van der Waals surface area contributed by atoms with E-state index in [9.17, 15) is 10.1 Å². The molecule has 1 aliphatic carbocycles. The molecule has 1 aromatic rings. The van der Waals surface area contributed by atoms with Gasteiger partial charge in [-0.15, -0.1) is 0 Å². The fourth-order valence-corrected chi connectivity index (χ4v) is 5.40. The van der Waals surface area contributed by atoms with E-state index < -0.39 is 0 Å². The molecule has 162 valence electrons. The monoisotopic (exact) mass is 410 g/mol. The fraction of sp³-hybridized carbons (Fsp3) is 0.708. The van der Waals surface area contributed by atoms with Gasteiger partial charge in [-0.05, 0) is 38.2 Å². The second kappa shape index (κ2) is 9.34. The molecular weight excluding hydrogens is 376 g/mol. The van der Waals surface area contributed by atoms with E-state index in [0.717, 1.165) is 42.9 Å². The van der Waals surface area contributed by atoms with Crippen LogP contribution in [0.4, 0.5) is 5.82 Å². The molecule has 6 nitrogen and oxygen atoms in total. The zero-order chi connectivity index (χ0) is 21.1. The molecule has 2 fully saturated rings. The highest BCUT2D eigenvalue weighted by molar-refractivity contribution is 5.77. The number of amides is 1. The number of hydrogen-bond donors (Lipinski definition) is 0. The first-order valence-electron chi connectivity index (χ1n) is 11.7. The molecule has 1 amide bonds. The number of carbonyl (C=O) groups is 1. The first-order valence-corrected chi connectivity index (χ1v) is 11.7. The predicted molar refractivity (Wildman–Crippen MR) is 116 cm³/mol. The van der Waals surface area contributed by atoms with Crippen LogP contribution in [0.25, 0.3) is 0 Å². The number of carbonyl (C=O) groups excluding carboxylic acids is 1. The number of fused-ring (bicyclic) bond motifs is 1. The van der Waals surface area contributed by atoms with Crippen molar-refractivity contribution in [1.82, 2.24) is 9.88 Å². The SMILES string of the molecule is CCCC(=O)N1CCN(c2nc(C3CCCCC3)c3c(c2C#N)CCOC3)C[C@H]1C. The maximum Gasteiger partial charge on any atom is 0.222 e. The van der Waals surface area contributed by atoms with Crippen molar-refractivity contribution in [3.05, 3.63) is 22.4 Å². The van der Waals surface area contributed by atoms with Gasteiger partial charge in [0.2, 0.25) is 5.91 Å². The molecule has 1 saturated heterocycles. The van der Waals surface area contributed by atoms with E-state index in [-0.39, 0.29) is 11.9 Å². The molecule has 0 aromatic carbocycles. The number of nitriles is 1. The highest BCUT2D eigenvalue weighted by Crippen LogP contribution is 2.39. The number of pyridine rings is 1. The third-order valence-corrected chi connectivity index (χ3v) is 6.98. The van der Waals surface area contributed by atoms with Crippen LogP contribution in [0.3, 0.4) is 0 Å². The summed E-state index contributed by atoms with van der Waals surface area (Å²) >= 11 is 0. The zero-order valence-electron chi connectivity index (χ0n) is 18.5. The molecular formula is C24H34N4O2. The molecule has 2 aliphatic heterocycles. The second-order valence-corrected chi connectivity index (χ2v) is 9.03. The van der Waals surface area contributed by atoms with Gasteiger partial charge in [0.25, 0.3) is 0 Å². The van der Waals surface area contributed by atoms with Gasteiger partial charge in [0.15, 0.2) is 0 Å². The maximum absolute atomic E-state index is 12.5. The van der Waals surface area contributed by atoms with E-state index in [0.29, 0.717) is 32.1 Å². The number of ether oxygens (including phenoxy) is 1. The van der Waals surface area contributed by atoms with Gasteiger partial charge in [0.1, 0.15) is 11.9 Å². The summed E-state index contributed by atoms with van der Waals surface area (Å²) in [6.45, 7) is 7.58. The van der Waals surface area contributed by atoms with Crippen LogP contribution in [0.5, 0.6) is 0 Å². The minimum atomic E-state index is 0.128. The Labute approximate surface area is 180 Å². The predicted octanol–water partition coefficient (Wildman–Crippen LogP) is 3.91. The zero-order valence-corrected chi connectivity index (χ0v) is 18.5. The molecule has 0 unspecified atom stereocenters. The fourth-order valence-electron chi connectivity index (χ4n) is 5.40. The average Bonchev–Trinajstić information content (AvgIpc) is 2.78. The summed E-state index contributed by atoms with van der Waals surface area (Å²) < 4.78 is 5.79. The Bertz CT molecular complexity index is 825. The Hall–Kier alpha value is -2.13. The Morgan fingerprint density at radius 3 is 2.73 bits per heavy atom. The number of nitrogens with zero attached hydrogens (tertiary/aromatic N) is 4. The average molecular weight is 411 g/mol. The van der Waals surface area contributed by atoms with Crippen LogP contribution in [-0.4, -0.2) is 48.1 Å². The maximum atomic E-state index is 12.5. The molecule has 0 radical (unpaired) electrons. The summed E-state index contributed by atoms with van der Waals surface area (Å²) in [6.07, 6.45) is 8.46. The minimum Gasteiger partial charge on any atom is -0.376 e. The molecule has 3 heterocycles. The van der Waals surface area contributed by atoms with E-state index in [1.54, 1.807) is 0 Å². The Balaban J connectivity index is 1.67. The molecule has 0 spiro atoms. The lowest BCUT2D eigenvalue weighted by molar-refractivity contribution is -0.133. The lowest BCUT2D eigenvalue weighted by Crippen LogP contribution is -2.54. The molecule has 3 aliphatic rings. The number of piperazine rings is 1. The van der Waals surface area contributed by atoms with E-state index in [1.807, 2.05) is 11.8 Å². The highest BCUT2D eigenvalue weighted by Gasteiger charge is 2.33. The molecule has 0 N–H and O–H groups in total. The molecule has 1 aromatic heterocycles. The number of anilines is 1. The highest BCUT2D eigenvalue weighted by atomic mass is 16.5. The summed E-state index contributed by atoms with van der Waals surface area (Å²) in [5, 5.41) is 10.1. The van der Waals surface area contributed by atoms with Crippen LogP contribution in [-0.2, 0) is 22.6 Å². The molecule has 1 atom stereocenters. The standard InChI is InChI=1S/C24H34N4O2/c1-3-7-22(29)28-12-11-27(15-17(28)2)24-20(14-25)19-10-13-30-16-21(19)23(26-24)18-8-5-4-6-9-18/h17-18H,3-13,15-16H2,1-2H3/t17-/m1/s1. The Morgan fingerprint density at radius 2 is 2.03 bits per heavy atom. The van der Waals surface area contributed by atoms with Crippen molar-refractivity contribution in [3.63, 3.8) is 0 Å². The summed E-state index contributed by atoms with van der Waals surface area (Å²) in [4.78, 5) is 21.9.